The Balaban J connectivity index is 2.16. The summed E-state index contributed by atoms with van der Waals surface area (Å²) in [5, 5.41) is 0. The van der Waals surface area contributed by atoms with Crippen LogP contribution in [0.2, 0.25) is 0 Å². The van der Waals surface area contributed by atoms with Crippen LogP contribution < -0.4 is 4.90 Å². The van der Waals surface area contributed by atoms with E-state index in [1.54, 1.807) is 4.90 Å². The number of anilines is 1. The molecular weight excluding hydrogens is 304 g/mol. The molecule has 3 rings (SSSR count). The van der Waals surface area contributed by atoms with Crippen molar-refractivity contribution in [2.45, 2.75) is 40.2 Å². The standard InChI is InChI=1S/C19H22N2O3/c1-11-9-12-7-6-8-13(14-10-15(22)20(5)17(14)23)16(12)21(11)18(24)19(2,3)4/h6-8,10-11H,9H2,1-5H3. The summed E-state index contributed by atoms with van der Waals surface area (Å²) >= 11 is 0. The van der Waals surface area contributed by atoms with Gasteiger partial charge in [-0.25, -0.2) is 0 Å². The van der Waals surface area contributed by atoms with E-state index in [0.717, 1.165) is 22.6 Å². The lowest BCUT2D eigenvalue weighted by Gasteiger charge is -2.31. The average molecular weight is 326 g/mol. The fourth-order valence-corrected chi connectivity index (χ4v) is 3.31. The third-order valence-corrected chi connectivity index (χ3v) is 4.60. The van der Waals surface area contributed by atoms with Crippen molar-refractivity contribution in [2.24, 2.45) is 5.41 Å². The normalized spacial score (nSPS) is 20.5. The van der Waals surface area contributed by atoms with Crippen molar-refractivity contribution in [3.63, 3.8) is 0 Å². The van der Waals surface area contributed by atoms with Crippen LogP contribution in [0.1, 0.15) is 38.8 Å². The number of likely N-dealkylation sites (N-methyl/N-ethyl adjacent to an activating group) is 1. The Bertz CT molecular complexity index is 786. The lowest BCUT2D eigenvalue weighted by molar-refractivity contribution is -0.134. The molecule has 0 spiro atoms. The van der Waals surface area contributed by atoms with Gasteiger partial charge >= 0.3 is 0 Å². The molecule has 1 unspecified atom stereocenters. The molecule has 0 saturated heterocycles. The number of carbonyl (C=O) groups is 3. The number of hydrogen-bond donors (Lipinski definition) is 0. The highest BCUT2D eigenvalue weighted by atomic mass is 16.2. The summed E-state index contributed by atoms with van der Waals surface area (Å²) < 4.78 is 0. The van der Waals surface area contributed by atoms with Gasteiger partial charge in [-0.05, 0) is 18.9 Å². The Kier molecular flexibility index (Phi) is 3.62. The van der Waals surface area contributed by atoms with Crippen molar-refractivity contribution < 1.29 is 14.4 Å². The number of carbonyl (C=O) groups excluding carboxylic acids is 3. The highest BCUT2D eigenvalue weighted by Crippen LogP contribution is 2.41. The Hall–Kier alpha value is -2.43. The minimum Gasteiger partial charge on any atom is -0.308 e. The summed E-state index contributed by atoms with van der Waals surface area (Å²) in [5.41, 5.74) is 2.31. The molecule has 1 aromatic rings. The van der Waals surface area contributed by atoms with Crippen LogP contribution in [0.15, 0.2) is 24.3 Å². The monoisotopic (exact) mass is 326 g/mol. The molecule has 1 aromatic carbocycles. The van der Waals surface area contributed by atoms with Gasteiger partial charge in [0.2, 0.25) is 5.91 Å². The van der Waals surface area contributed by atoms with Gasteiger partial charge in [0.25, 0.3) is 11.8 Å². The molecule has 2 aliphatic heterocycles. The second-order valence-corrected chi connectivity index (χ2v) is 7.55. The molecule has 3 amide bonds. The first-order chi connectivity index (χ1) is 11.1. The molecule has 24 heavy (non-hydrogen) atoms. The number of nitrogens with zero attached hydrogens (tertiary/aromatic N) is 2. The largest absolute Gasteiger partial charge is 0.308 e. The molecule has 0 radical (unpaired) electrons. The molecule has 5 nitrogen and oxygen atoms in total. The van der Waals surface area contributed by atoms with E-state index in [0.29, 0.717) is 11.1 Å². The fourth-order valence-electron chi connectivity index (χ4n) is 3.31. The summed E-state index contributed by atoms with van der Waals surface area (Å²) in [6.45, 7) is 7.68. The van der Waals surface area contributed by atoms with E-state index in [1.165, 1.54) is 13.1 Å². The lowest BCUT2D eigenvalue weighted by atomic mass is 9.93. The molecular formula is C19H22N2O3. The first-order valence-corrected chi connectivity index (χ1v) is 8.12. The van der Waals surface area contributed by atoms with Crippen molar-refractivity contribution in [3.05, 3.63) is 35.4 Å². The van der Waals surface area contributed by atoms with E-state index < -0.39 is 5.41 Å². The number of benzene rings is 1. The first kappa shape index (κ1) is 16.4. The Morgan fingerprint density at radius 2 is 1.88 bits per heavy atom. The van der Waals surface area contributed by atoms with E-state index in [-0.39, 0.29) is 23.8 Å². The highest BCUT2D eigenvalue weighted by Gasteiger charge is 2.40. The second kappa shape index (κ2) is 5.30. The zero-order chi connectivity index (χ0) is 17.8. The van der Waals surface area contributed by atoms with Gasteiger partial charge in [0.1, 0.15) is 0 Å². The smallest absolute Gasteiger partial charge is 0.261 e. The van der Waals surface area contributed by atoms with Crippen LogP contribution in [0.5, 0.6) is 0 Å². The minimum atomic E-state index is -0.524. The zero-order valence-corrected chi connectivity index (χ0v) is 14.7. The van der Waals surface area contributed by atoms with Crippen LogP contribution in [0.3, 0.4) is 0 Å². The summed E-state index contributed by atoms with van der Waals surface area (Å²) in [6.07, 6.45) is 2.11. The fraction of sp³-hybridized carbons (Fsp3) is 0.421. The van der Waals surface area contributed by atoms with Crippen LogP contribution in [0.4, 0.5) is 5.69 Å². The molecule has 0 bridgehead atoms. The van der Waals surface area contributed by atoms with Gasteiger partial charge in [0.15, 0.2) is 0 Å². The van der Waals surface area contributed by atoms with Crippen molar-refractivity contribution in [1.82, 2.24) is 4.90 Å². The van der Waals surface area contributed by atoms with Crippen LogP contribution in [0.25, 0.3) is 5.57 Å². The molecule has 2 heterocycles. The third kappa shape index (κ3) is 2.35. The number of amides is 3. The molecule has 5 heteroatoms. The Labute approximate surface area is 141 Å². The molecule has 0 aliphatic carbocycles. The number of fused-ring (bicyclic) bond motifs is 1. The Morgan fingerprint density at radius 3 is 2.42 bits per heavy atom. The summed E-state index contributed by atoms with van der Waals surface area (Å²) in [7, 11) is 1.47. The van der Waals surface area contributed by atoms with Crippen LogP contribution in [0, 0.1) is 5.41 Å². The quantitative estimate of drug-likeness (QED) is 0.745. The van der Waals surface area contributed by atoms with E-state index in [9.17, 15) is 14.4 Å². The van der Waals surface area contributed by atoms with Gasteiger partial charge in [-0.2, -0.15) is 0 Å². The van der Waals surface area contributed by atoms with Crippen LogP contribution >= 0.6 is 0 Å². The third-order valence-electron chi connectivity index (χ3n) is 4.60. The predicted molar refractivity (Wildman–Crippen MR) is 92.3 cm³/mol. The number of imide groups is 1. The van der Waals surface area contributed by atoms with Gasteiger partial charge in [-0.3, -0.25) is 19.3 Å². The molecule has 126 valence electrons. The average Bonchev–Trinajstić information content (AvgIpc) is 2.96. The maximum Gasteiger partial charge on any atom is 0.261 e. The van der Waals surface area contributed by atoms with Gasteiger partial charge in [0.05, 0.1) is 11.3 Å². The van der Waals surface area contributed by atoms with Crippen LogP contribution in [-0.4, -0.2) is 35.7 Å². The lowest BCUT2D eigenvalue weighted by Crippen LogP contribution is -2.43. The predicted octanol–water partition coefficient (Wildman–Crippen LogP) is 2.39. The molecule has 1 atom stereocenters. The topological polar surface area (TPSA) is 57.7 Å². The van der Waals surface area contributed by atoms with Gasteiger partial charge in [0, 0.05) is 30.1 Å². The van der Waals surface area contributed by atoms with E-state index in [1.807, 2.05) is 45.9 Å². The highest BCUT2D eigenvalue weighted by molar-refractivity contribution is 6.34. The van der Waals surface area contributed by atoms with E-state index >= 15 is 0 Å². The van der Waals surface area contributed by atoms with E-state index in [2.05, 4.69) is 0 Å². The van der Waals surface area contributed by atoms with Crippen molar-refractivity contribution in [1.29, 1.82) is 0 Å². The second-order valence-electron chi connectivity index (χ2n) is 7.55. The first-order valence-electron chi connectivity index (χ1n) is 8.12. The SMILES string of the molecule is CC1Cc2cccc(C3=CC(=O)N(C)C3=O)c2N1C(=O)C(C)(C)C. The maximum atomic E-state index is 13.0. The number of hydrogen-bond acceptors (Lipinski definition) is 3. The van der Waals surface area contributed by atoms with E-state index in [4.69, 9.17) is 0 Å². The van der Waals surface area contributed by atoms with Gasteiger partial charge < -0.3 is 4.90 Å². The Morgan fingerprint density at radius 1 is 1.21 bits per heavy atom. The summed E-state index contributed by atoms with van der Waals surface area (Å²) in [5.74, 6) is -0.629. The molecule has 2 aliphatic rings. The summed E-state index contributed by atoms with van der Waals surface area (Å²) in [4.78, 5) is 40.1. The number of para-hydroxylation sites is 1. The zero-order valence-electron chi connectivity index (χ0n) is 14.7. The van der Waals surface area contributed by atoms with Crippen molar-refractivity contribution >= 4 is 29.0 Å². The molecule has 0 aromatic heterocycles. The van der Waals surface area contributed by atoms with Crippen molar-refractivity contribution in [3.8, 4) is 0 Å². The number of rotatable bonds is 1. The molecule has 0 fully saturated rings. The minimum absolute atomic E-state index is 0.0203. The molecule has 0 N–H and O–H groups in total. The maximum absolute atomic E-state index is 13.0. The van der Waals surface area contributed by atoms with Gasteiger partial charge in [-0.15, -0.1) is 0 Å². The van der Waals surface area contributed by atoms with Gasteiger partial charge in [-0.1, -0.05) is 39.0 Å². The van der Waals surface area contributed by atoms with Crippen LogP contribution in [-0.2, 0) is 20.8 Å². The summed E-state index contributed by atoms with van der Waals surface area (Å²) in [6, 6.07) is 5.70. The molecule has 0 saturated carbocycles. The van der Waals surface area contributed by atoms with Crippen molar-refractivity contribution in [2.75, 3.05) is 11.9 Å².